The van der Waals surface area contributed by atoms with Crippen molar-refractivity contribution in [1.82, 2.24) is 5.32 Å². The summed E-state index contributed by atoms with van der Waals surface area (Å²) < 4.78 is 0. The molecule has 90 valence electrons. The van der Waals surface area contributed by atoms with E-state index < -0.39 is 0 Å². The lowest BCUT2D eigenvalue weighted by atomic mass is 10.1. The van der Waals surface area contributed by atoms with Crippen LogP contribution in [0.2, 0.25) is 0 Å². The molecule has 15 heavy (non-hydrogen) atoms. The molecule has 0 heterocycles. The number of hydrogen-bond acceptors (Lipinski definition) is 2. The molecule has 0 amide bonds. The van der Waals surface area contributed by atoms with E-state index in [1.165, 1.54) is 38.5 Å². The molecule has 1 atom stereocenters. The second kappa shape index (κ2) is 11.6. The van der Waals surface area contributed by atoms with Gasteiger partial charge in [-0.2, -0.15) is 0 Å². The van der Waals surface area contributed by atoms with Crippen LogP contribution in [0.4, 0.5) is 0 Å². The number of rotatable bonds is 10. The highest BCUT2D eigenvalue weighted by atomic mass is 16.3. The van der Waals surface area contributed by atoms with Gasteiger partial charge in [-0.15, -0.1) is 0 Å². The molecule has 1 unspecified atom stereocenters. The number of nitrogens with one attached hydrogen (secondary N) is 1. The summed E-state index contributed by atoms with van der Waals surface area (Å²) in [5.74, 6) is 0. The zero-order chi connectivity index (χ0) is 11.4. The van der Waals surface area contributed by atoms with Crippen LogP contribution in [-0.2, 0) is 0 Å². The maximum absolute atomic E-state index is 9.20. The Morgan fingerprint density at radius 1 is 1.07 bits per heavy atom. The Morgan fingerprint density at radius 3 is 2.40 bits per heavy atom. The molecule has 0 fully saturated rings. The first-order chi connectivity index (χ1) is 7.31. The van der Waals surface area contributed by atoms with Crippen molar-refractivity contribution in [3.05, 3.63) is 12.3 Å². The van der Waals surface area contributed by atoms with E-state index in [9.17, 15) is 5.11 Å². The van der Waals surface area contributed by atoms with Crippen LogP contribution in [0.15, 0.2) is 12.3 Å². The number of aliphatic hydroxyl groups excluding tert-OH is 1. The van der Waals surface area contributed by atoms with Gasteiger partial charge in [0.25, 0.3) is 0 Å². The van der Waals surface area contributed by atoms with Crippen molar-refractivity contribution < 1.29 is 5.11 Å². The SMILES string of the molecule is CCCCCCCCC=CNC(O)CC. The topological polar surface area (TPSA) is 32.3 Å². The third-order valence-electron chi connectivity index (χ3n) is 2.52. The highest BCUT2D eigenvalue weighted by Crippen LogP contribution is 2.06. The summed E-state index contributed by atoms with van der Waals surface area (Å²) in [6.07, 6.45) is 13.5. The molecular formula is C13H27NO. The predicted octanol–water partition coefficient (Wildman–Crippen LogP) is 3.57. The molecule has 2 N–H and O–H groups in total. The molecule has 0 aromatic heterocycles. The maximum atomic E-state index is 9.20. The molecule has 2 heteroatoms. The average Bonchev–Trinajstić information content (AvgIpc) is 2.26. The Hall–Kier alpha value is -0.500. The first kappa shape index (κ1) is 14.5. The van der Waals surface area contributed by atoms with Gasteiger partial charge in [0, 0.05) is 0 Å². The van der Waals surface area contributed by atoms with Crippen LogP contribution in [0.3, 0.4) is 0 Å². The Bertz CT molecular complexity index is 145. The van der Waals surface area contributed by atoms with Crippen molar-refractivity contribution in [2.45, 2.75) is 71.4 Å². The van der Waals surface area contributed by atoms with E-state index in [-0.39, 0.29) is 6.23 Å². The fourth-order valence-electron chi connectivity index (χ4n) is 1.42. The van der Waals surface area contributed by atoms with E-state index in [2.05, 4.69) is 18.3 Å². The molecule has 0 radical (unpaired) electrons. The standard InChI is InChI=1S/C13H27NO/c1-3-5-6-7-8-9-10-11-12-14-13(15)4-2/h11-15H,3-10H2,1-2H3. The van der Waals surface area contributed by atoms with Crippen LogP contribution in [0.1, 0.15) is 65.2 Å². The quantitative estimate of drug-likeness (QED) is 0.429. The number of aliphatic hydroxyl groups is 1. The van der Waals surface area contributed by atoms with Crippen LogP contribution in [0.25, 0.3) is 0 Å². The molecule has 2 nitrogen and oxygen atoms in total. The van der Waals surface area contributed by atoms with Gasteiger partial charge in [0.15, 0.2) is 0 Å². The molecule has 0 bridgehead atoms. The highest BCUT2D eigenvalue weighted by Gasteiger charge is 1.92. The van der Waals surface area contributed by atoms with E-state index >= 15 is 0 Å². The zero-order valence-electron chi connectivity index (χ0n) is 10.3. The molecule has 0 aromatic carbocycles. The lowest BCUT2D eigenvalue weighted by molar-refractivity contribution is 0.149. The van der Waals surface area contributed by atoms with E-state index in [1.807, 2.05) is 13.1 Å². The van der Waals surface area contributed by atoms with Crippen LogP contribution >= 0.6 is 0 Å². The molecule has 0 saturated carbocycles. The minimum Gasteiger partial charge on any atom is -0.374 e. The van der Waals surface area contributed by atoms with Gasteiger partial charge in [0.2, 0.25) is 0 Å². The summed E-state index contributed by atoms with van der Waals surface area (Å²) in [5, 5.41) is 12.1. The summed E-state index contributed by atoms with van der Waals surface area (Å²) in [6, 6.07) is 0. The van der Waals surface area contributed by atoms with Crippen molar-refractivity contribution in [3.8, 4) is 0 Å². The minimum atomic E-state index is -0.384. The molecule has 0 aliphatic carbocycles. The van der Waals surface area contributed by atoms with Gasteiger partial charge in [-0.25, -0.2) is 0 Å². The fraction of sp³-hybridized carbons (Fsp3) is 0.846. The van der Waals surface area contributed by atoms with Crippen molar-refractivity contribution in [1.29, 1.82) is 0 Å². The summed E-state index contributed by atoms with van der Waals surface area (Å²) in [4.78, 5) is 0. The second-order valence-electron chi connectivity index (χ2n) is 4.05. The summed E-state index contributed by atoms with van der Waals surface area (Å²) in [6.45, 7) is 4.20. The third kappa shape index (κ3) is 11.4. The van der Waals surface area contributed by atoms with Crippen molar-refractivity contribution in [3.63, 3.8) is 0 Å². The van der Waals surface area contributed by atoms with Crippen LogP contribution in [-0.4, -0.2) is 11.3 Å². The van der Waals surface area contributed by atoms with E-state index in [0.717, 1.165) is 12.8 Å². The first-order valence-electron chi connectivity index (χ1n) is 6.40. The normalized spacial score (nSPS) is 13.3. The second-order valence-corrected chi connectivity index (χ2v) is 4.05. The lowest BCUT2D eigenvalue weighted by Crippen LogP contribution is -2.21. The Balaban J connectivity index is 3.09. The Labute approximate surface area is 94.8 Å². The van der Waals surface area contributed by atoms with Gasteiger partial charge in [-0.05, 0) is 25.5 Å². The molecule has 0 spiro atoms. The maximum Gasteiger partial charge on any atom is 0.123 e. The lowest BCUT2D eigenvalue weighted by Gasteiger charge is -2.06. The van der Waals surface area contributed by atoms with Gasteiger partial charge < -0.3 is 10.4 Å². The van der Waals surface area contributed by atoms with Crippen LogP contribution in [0, 0.1) is 0 Å². The third-order valence-corrected chi connectivity index (χ3v) is 2.52. The fourth-order valence-corrected chi connectivity index (χ4v) is 1.42. The van der Waals surface area contributed by atoms with Crippen molar-refractivity contribution in [2.24, 2.45) is 0 Å². The monoisotopic (exact) mass is 213 g/mol. The molecule has 0 aliphatic rings. The molecule has 0 saturated heterocycles. The van der Waals surface area contributed by atoms with Gasteiger partial charge in [0.1, 0.15) is 6.23 Å². The molecule has 0 aliphatic heterocycles. The number of unbranched alkanes of at least 4 members (excludes halogenated alkanes) is 6. The van der Waals surface area contributed by atoms with Gasteiger partial charge >= 0.3 is 0 Å². The number of hydrogen-bond donors (Lipinski definition) is 2. The summed E-state index contributed by atoms with van der Waals surface area (Å²) in [7, 11) is 0. The van der Waals surface area contributed by atoms with Gasteiger partial charge in [-0.3, -0.25) is 0 Å². The molecule has 0 rings (SSSR count). The van der Waals surface area contributed by atoms with E-state index in [0.29, 0.717) is 0 Å². The first-order valence-corrected chi connectivity index (χ1v) is 6.40. The molecular weight excluding hydrogens is 186 g/mol. The van der Waals surface area contributed by atoms with E-state index in [1.54, 1.807) is 0 Å². The van der Waals surface area contributed by atoms with Crippen LogP contribution in [0.5, 0.6) is 0 Å². The largest absolute Gasteiger partial charge is 0.374 e. The summed E-state index contributed by atoms with van der Waals surface area (Å²) >= 11 is 0. The van der Waals surface area contributed by atoms with Crippen LogP contribution < -0.4 is 5.32 Å². The summed E-state index contributed by atoms with van der Waals surface area (Å²) in [5.41, 5.74) is 0. The van der Waals surface area contributed by atoms with Crippen molar-refractivity contribution in [2.75, 3.05) is 0 Å². The Morgan fingerprint density at radius 2 is 1.73 bits per heavy atom. The molecule has 0 aromatic rings. The average molecular weight is 213 g/mol. The van der Waals surface area contributed by atoms with Crippen molar-refractivity contribution >= 4 is 0 Å². The smallest absolute Gasteiger partial charge is 0.123 e. The van der Waals surface area contributed by atoms with Gasteiger partial charge in [-0.1, -0.05) is 52.0 Å². The zero-order valence-corrected chi connectivity index (χ0v) is 10.3. The minimum absolute atomic E-state index is 0.384. The Kier molecular flexibility index (Phi) is 11.2. The highest BCUT2D eigenvalue weighted by molar-refractivity contribution is 4.79. The predicted molar refractivity (Wildman–Crippen MR) is 66.6 cm³/mol. The van der Waals surface area contributed by atoms with E-state index in [4.69, 9.17) is 0 Å². The number of allylic oxidation sites excluding steroid dienone is 1. The van der Waals surface area contributed by atoms with Gasteiger partial charge in [0.05, 0.1) is 0 Å².